The normalized spacial score (nSPS) is 9.08. The first-order chi connectivity index (χ1) is 5.52. The minimum atomic E-state index is -1.20. The minimum absolute atomic E-state index is 0.0530. The highest BCUT2D eigenvalue weighted by Gasteiger charge is 2.06. The van der Waals surface area contributed by atoms with Crippen LogP contribution in [-0.2, 0) is 19.1 Å². The summed E-state index contributed by atoms with van der Waals surface area (Å²) in [5.74, 6) is -1.99. The van der Waals surface area contributed by atoms with Gasteiger partial charge in [-0.15, -0.1) is 0 Å². The van der Waals surface area contributed by atoms with E-state index in [9.17, 15) is 14.4 Å². The number of hydrogen-bond donors (Lipinski definition) is 1. The van der Waals surface area contributed by atoms with Crippen LogP contribution >= 0.6 is 0 Å². The van der Waals surface area contributed by atoms with Gasteiger partial charge in [-0.3, -0.25) is 4.79 Å². The molecule has 0 aromatic heterocycles. The summed E-state index contributed by atoms with van der Waals surface area (Å²) < 4.78 is 4.26. The van der Waals surface area contributed by atoms with Crippen molar-refractivity contribution in [2.75, 3.05) is 6.61 Å². The first kappa shape index (κ1) is 10.6. The Bertz CT molecular complexity index is 176. The van der Waals surface area contributed by atoms with E-state index >= 15 is 0 Å². The number of carbonyl (C=O) groups excluding carboxylic acids is 2. The van der Waals surface area contributed by atoms with Crippen LogP contribution in [0.1, 0.15) is 19.8 Å². The molecule has 0 amide bonds. The van der Waals surface area contributed by atoms with Gasteiger partial charge in [0, 0.05) is 6.42 Å². The molecule has 68 valence electrons. The van der Waals surface area contributed by atoms with E-state index in [2.05, 4.69) is 4.74 Å². The van der Waals surface area contributed by atoms with Gasteiger partial charge in [-0.2, -0.15) is 0 Å². The second-order valence-electron chi connectivity index (χ2n) is 2.26. The molecule has 0 saturated heterocycles. The Labute approximate surface area is 69.3 Å². The van der Waals surface area contributed by atoms with Crippen LogP contribution in [0.4, 0.5) is 0 Å². The summed E-state index contributed by atoms with van der Waals surface area (Å²) in [5, 5.41) is 8.10. The van der Waals surface area contributed by atoms with E-state index < -0.39 is 18.5 Å². The molecule has 0 atom stereocenters. The number of carbonyl (C=O) groups is 3. The van der Waals surface area contributed by atoms with Crippen LogP contribution in [-0.4, -0.2) is 29.4 Å². The summed E-state index contributed by atoms with van der Waals surface area (Å²) in [4.78, 5) is 30.9. The molecule has 0 radical (unpaired) electrons. The number of hydrogen-bond acceptors (Lipinski definition) is 4. The molecule has 0 aromatic rings. The van der Waals surface area contributed by atoms with Crippen LogP contribution in [0.5, 0.6) is 0 Å². The summed E-state index contributed by atoms with van der Waals surface area (Å²) >= 11 is 0. The van der Waals surface area contributed by atoms with Crippen molar-refractivity contribution in [3.8, 4) is 0 Å². The third-order valence-corrected chi connectivity index (χ3v) is 1.04. The lowest BCUT2D eigenvalue weighted by atomic mass is 10.2. The van der Waals surface area contributed by atoms with Crippen LogP contribution in [0.15, 0.2) is 0 Å². The molecule has 0 aliphatic rings. The zero-order valence-electron chi connectivity index (χ0n) is 6.70. The van der Waals surface area contributed by atoms with E-state index in [1.807, 2.05) is 0 Å². The van der Waals surface area contributed by atoms with Crippen molar-refractivity contribution in [3.05, 3.63) is 0 Å². The number of rotatable bonds is 5. The molecule has 0 bridgehead atoms. The highest BCUT2D eigenvalue weighted by molar-refractivity contribution is 5.81. The van der Waals surface area contributed by atoms with Crippen molar-refractivity contribution in [1.29, 1.82) is 0 Å². The number of ketones is 1. The van der Waals surface area contributed by atoms with Crippen molar-refractivity contribution in [1.82, 2.24) is 0 Å². The maximum Gasteiger partial charge on any atom is 0.341 e. The van der Waals surface area contributed by atoms with Gasteiger partial charge in [0.25, 0.3) is 0 Å². The lowest BCUT2D eigenvalue weighted by Crippen LogP contribution is -2.13. The predicted octanol–water partition coefficient (Wildman–Crippen LogP) is -0.0166. The van der Waals surface area contributed by atoms with Gasteiger partial charge in [-0.05, 0) is 6.92 Å². The van der Waals surface area contributed by atoms with Crippen LogP contribution in [0.3, 0.4) is 0 Å². The molecule has 0 aromatic carbocycles. The van der Waals surface area contributed by atoms with Gasteiger partial charge >= 0.3 is 11.9 Å². The summed E-state index contributed by atoms with van der Waals surface area (Å²) in [5.41, 5.74) is 0. The van der Waals surface area contributed by atoms with Crippen molar-refractivity contribution in [3.63, 3.8) is 0 Å². The molecule has 5 heteroatoms. The van der Waals surface area contributed by atoms with E-state index in [1.54, 1.807) is 0 Å². The maximum absolute atomic E-state index is 10.6. The molecule has 0 heterocycles. The first-order valence-corrected chi connectivity index (χ1v) is 3.39. The highest BCUT2D eigenvalue weighted by Crippen LogP contribution is 1.93. The average Bonchev–Trinajstić information content (AvgIpc) is 1.96. The summed E-state index contributed by atoms with van der Waals surface area (Å²) in [6, 6.07) is 0. The Balaban J connectivity index is 3.47. The summed E-state index contributed by atoms with van der Waals surface area (Å²) in [6.45, 7) is 0.710. The van der Waals surface area contributed by atoms with Crippen LogP contribution in [0.25, 0.3) is 0 Å². The average molecular weight is 174 g/mol. The molecular formula is C7H10O5. The van der Waals surface area contributed by atoms with E-state index in [0.29, 0.717) is 0 Å². The number of carboxylic acids is 1. The Hall–Kier alpha value is -1.39. The van der Waals surface area contributed by atoms with Gasteiger partial charge in [-0.1, -0.05) is 0 Å². The lowest BCUT2D eigenvalue weighted by Gasteiger charge is -1.98. The first-order valence-electron chi connectivity index (χ1n) is 3.39. The summed E-state index contributed by atoms with van der Waals surface area (Å²) in [6.07, 6.45) is 0.0427. The second-order valence-corrected chi connectivity index (χ2v) is 2.26. The zero-order valence-corrected chi connectivity index (χ0v) is 6.70. The molecule has 0 saturated carbocycles. The molecule has 0 spiro atoms. The number of esters is 1. The van der Waals surface area contributed by atoms with Gasteiger partial charge in [0.1, 0.15) is 5.78 Å². The van der Waals surface area contributed by atoms with Gasteiger partial charge in [-0.25, -0.2) is 4.79 Å². The van der Waals surface area contributed by atoms with Gasteiger partial charge in [0.05, 0.1) is 6.42 Å². The molecule has 5 nitrogen and oxygen atoms in total. The third kappa shape index (κ3) is 6.73. The maximum atomic E-state index is 10.6. The molecule has 12 heavy (non-hydrogen) atoms. The molecule has 0 rings (SSSR count). The van der Waals surface area contributed by atoms with Gasteiger partial charge in [0.2, 0.25) is 0 Å². The predicted molar refractivity (Wildman–Crippen MR) is 38.5 cm³/mol. The fraction of sp³-hybridized carbons (Fsp3) is 0.571. The Morgan fingerprint density at radius 2 is 1.83 bits per heavy atom. The summed E-state index contributed by atoms with van der Waals surface area (Å²) in [7, 11) is 0. The van der Waals surface area contributed by atoms with Crippen molar-refractivity contribution >= 4 is 17.7 Å². The molecule has 0 aliphatic heterocycles. The molecular weight excluding hydrogens is 164 g/mol. The number of ether oxygens (including phenoxy) is 1. The number of carboxylic acid groups (broad SMARTS) is 1. The standard InChI is InChI=1S/C7H10O5/c1-5(8)2-3-7(11)12-4-6(9)10/h2-4H2,1H3,(H,9,10). The molecule has 0 aliphatic carbocycles. The molecule has 1 N–H and O–H groups in total. The van der Waals surface area contributed by atoms with Crippen LogP contribution in [0.2, 0.25) is 0 Å². The fourth-order valence-electron chi connectivity index (χ4n) is 0.492. The second kappa shape index (κ2) is 5.29. The number of aliphatic carboxylic acids is 1. The lowest BCUT2D eigenvalue weighted by molar-refractivity contribution is -0.155. The Kier molecular flexibility index (Phi) is 4.67. The Morgan fingerprint density at radius 1 is 1.25 bits per heavy atom. The SMILES string of the molecule is CC(=O)CCC(=O)OCC(=O)O. The Morgan fingerprint density at radius 3 is 2.25 bits per heavy atom. The topological polar surface area (TPSA) is 80.7 Å². The molecule has 0 fully saturated rings. The van der Waals surface area contributed by atoms with Crippen LogP contribution in [0, 0.1) is 0 Å². The van der Waals surface area contributed by atoms with Gasteiger partial charge < -0.3 is 14.6 Å². The number of Topliss-reactive ketones (excluding diaryl/α,β-unsaturated/α-hetero) is 1. The van der Waals surface area contributed by atoms with E-state index in [1.165, 1.54) is 6.92 Å². The zero-order chi connectivity index (χ0) is 9.56. The smallest absolute Gasteiger partial charge is 0.341 e. The van der Waals surface area contributed by atoms with Crippen molar-refractivity contribution < 1.29 is 24.2 Å². The van der Waals surface area contributed by atoms with Crippen molar-refractivity contribution in [2.24, 2.45) is 0 Å². The highest BCUT2D eigenvalue weighted by atomic mass is 16.5. The third-order valence-electron chi connectivity index (χ3n) is 1.04. The quantitative estimate of drug-likeness (QED) is 0.592. The van der Waals surface area contributed by atoms with Gasteiger partial charge in [0.15, 0.2) is 6.61 Å². The minimum Gasteiger partial charge on any atom is -0.479 e. The fourth-order valence-corrected chi connectivity index (χ4v) is 0.492. The van der Waals surface area contributed by atoms with Crippen molar-refractivity contribution in [2.45, 2.75) is 19.8 Å². The van der Waals surface area contributed by atoms with E-state index in [4.69, 9.17) is 5.11 Å². The van der Waals surface area contributed by atoms with Crippen LogP contribution < -0.4 is 0 Å². The van der Waals surface area contributed by atoms with E-state index in [0.717, 1.165) is 0 Å². The molecule has 0 unspecified atom stereocenters. The monoisotopic (exact) mass is 174 g/mol. The largest absolute Gasteiger partial charge is 0.479 e. The van der Waals surface area contributed by atoms with E-state index in [-0.39, 0.29) is 18.6 Å².